The van der Waals surface area contributed by atoms with E-state index >= 15 is 0 Å². The molecule has 1 aliphatic heterocycles. The van der Waals surface area contributed by atoms with Crippen molar-refractivity contribution in [3.05, 3.63) is 58.5 Å². The van der Waals surface area contributed by atoms with E-state index in [1.807, 2.05) is 18.3 Å². The van der Waals surface area contributed by atoms with Crippen LogP contribution in [0.15, 0.2) is 36.5 Å². The van der Waals surface area contributed by atoms with Gasteiger partial charge in [0.05, 0.1) is 11.1 Å². The molecule has 24 heavy (non-hydrogen) atoms. The van der Waals surface area contributed by atoms with E-state index < -0.39 is 11.9 Å². The number of nitrogens with one attached hydrogen (secondary N) is 1. The lowest BCUT2D eigenvalue weighted by atomic mass is 10.1. The van der Waals surface area contributed by atoms with Gasteiger partial charge in [-0.15, -0.1) is 0 Å². The third-order valence-corrected chi connectivity index (χ3v) is 4.54. The lowest BCUT2D eigenvalue weighted by Crippen LogP contribution is -2.22. The smallest absolute Gasteiger partial charge is 0.142 e. The van der Waals surface area contributed by atoms with Gasteiger partial charge in [-0.1, -0.05) is 23.7 Å². The van der Waals surface area contributed by atoms with Crippen LogP contribution in [0, 0.1) is 5.82 Å². The van der Waals surface area contributed by atoms with Crippen molar-refractivity contribution in [2.75, 3.05) is 24.5 Å². The van der Waals surface area contributed by atoms with Crippen LogP contribution in [0.2, 0.25) is 5.02 Å². The summed E-state index contributed by atoms with van der Waals surface area (Å²) in [5.41, 5.74) is 1.55. The first-order chi connectivity index (χ1) is 11.6. The summed E-state index contributed by atoms with van der Waals surface area (Å²) in [4.78, 5) is 6.78. The number of anilines is 1. The Morgan fingerprint density at radius 2 is 2.04 bits per heavy atom. The van der Waals surface area contributed by atoms with Crippen LogP contribution < -0.4 is 10.2 Å². The molecule has 0 aliphatic carbocycles. The summed E-state index contributed by atoms with van der Waals surface area (Å²) < 4.78 is 13.4. The highest BCUT2D eigenvalue weighted by molar-refractivity contribution is 6.30. The lowest BCUT2D eigenvalue weighted by molar-refractivity contribution is 0.174. The summed E-state index contributed by atoms with van der Waals surface area (Å²) in [7, 11) is 0. The van der Waals surface area contributed by atoms with Crippen molar-refractivity contribution in [2.24, 2.45) is 0 Å². The normalized spacial score (nSPS) is 15.7. The molecule has 2 heterocycles. The average Bonchev–Trinajstić information content (AvgIpc) is 3.12. The molecule has 0 radical (unpaired) electrons. The van der Waals surface area contributed by atoms with E-state index in [9.17, 15) is 9.50 Å². The molecule has 2 N–H and O–H groups in total. The maximum absolute atomic E-state index is 13.4. The molecule has 6 heteroatoms. The monoisotopic (exact) mass is 349 g/mol. The zero-order valence-electron chi connectivity index (χ0n) is 13.4. The van der Waals surface area contributed by atoms with Crippen LogP contribution in [0.3, 0.4) is 0 Å². The van der Waals surface area contributed by atoms with Gasteiger partial charge in [-0.3, -0.25) is 0 Å². The van der Waals surface area contributed by atoms with Crippen molar-refractivity contribution in [3.8, 4) is 0 Å². The summed E-state index contributed by atoms with van der Waals surface area (Å²) in [6.07, 6.45) is 3.53. The predicted octanol–water partition coefficient (Wildman–Crippen LogP) is 3.30. The Bertz CT molecular complexity index is 674. The van der Waals surface area contributed by atoms with Gasteiger partial charge in [0.15, 0.2) is 0 Å². The number of aliphatic hydroxyl groups is 1. The van der Waals surface area contributed by atoms with Crippen LogP contribution >= 0.6 is 11.6 Å². The summed E-state index contributed by atoms with van der Waals surface area (Å²) in [5, 5.41) is 13.3. The van der Waals surface area contributed by atoms with Gasteiger partial charge in [0, 0.05) is 32.4 Å². The second kappa shape index (κ2) is 7.92. The Labute approximate surface area is 146 Å². The molecular weight excluding hydrogens is 329 g/mol. The van der Waals surface area contributed by atoms with Crippen molar-refractivity contribution < 1.29 is 9.50 Å². The minimum atomic E-state index is -0.784. The van der Waals surface area contributed by atoms with Crippen LogP contribution in [-0.4, -0.2) is 29.7 Å². The lowest BCUT2D eigenvalue weighted by Gasteiger charge is -2.16. The first-order valence-corrected chi connectivity index (χ1v) is 8.55. The molecule has 1 saturated heterocycles. The topological polar surface area (TPSA) is 48.4 Å². The van der Waals surface area contributed by atoms with Crippen molar-refractivity contribution >= 4 is 17.4 Å². The summed E-state index contributed by atoms with van der Waals surface area (Å²) in [6.45, 7) is 3.08. The Hall–Kier alpha value is -1.69. The number of rotatable bonds is 6. The quantitative estimate of drug-likeness (QED) is 0.840. The standard InChI is InChI=1S/C18H21ClFN3O/c19-15-5-4-14(9-16(15)20)17(24)12-21-10-13-3-6-18(22-11-13)23-7-1-2-8-23/h3-6,9,11,17,21,24H,1-2,7-8,10,12H2. The number of benzene rings is 1. The van der Waals surface area contributed by atoms with E-state index in [0.29, 0.717) is 18.7 Å². The molecule has 1 unspecified atom stereocenters. The average molecular weight is 350 g/mol. The molecular formula is C18H21ClFN3O. The summed E-state index contributed by atoms with van der Waals surface area (Å²) in [6, 6.07) is 8.43. The van der Waals surface area contributed by atoms with Crippen molar-refractivity contribution in [1.29, 1.82) is 0 Å². The maximum Gasteiger partial charge on any atom is 0.142 e. The Balaban J connectivity index is 1.49. The zero-order chi connectivity index (χ0) is 16.9. The maximum atomic E-state index is 13.4. The van der Waals surface area contributed by atoms with E-state index in [1.54, 1.807) is 6.07 Å². The molecule has 4 nitrogen and oxygen atoms in total. The SMILES string of the molecule is OC(CNCc1ccc(N2CCCC2)nc1)c1ccc(Cl)c(F)c1. The Morgan fingerprint density at radius 1 is 1.25 bits per heavy atom. The van der Waals surface area contributed by atoms with E-state index in [-0.39, 0.29) is 5.02 Å². The van der Waals surface area contributed by atoms with Gasteiger partial charge in [0.25, 0.3) is 0 Å². The molecule has 0 bridgehead atoms. The van der Waals surface area contributed by atoms with Crippen LogP contribution in [0.1, 0.15) is 30.1 Å². The molecule has 1 aromatic carbocycles. The minimum absolute atomic E-state index is 0.0584. The highest BCUT2D eigenvalue weighted by Crippen LogP contribution is 2.20. The second-order valence-electron chi connectivity index (χ2n) is 6.04. The number of pyridine rings is 1. The fourth-order valence-electron chi connectivity index (χ4n) is 2.85. The number of aromatic nitrogens is 1. The summed E-state index contributed by atoms with van der Waals surface area (Å²) in [5.74, 6) is 0.503. The van der Waals surface area contributed by atoms with Gasteiger partial charge in [-0.2, -0.15) is 0 Å². The van der Waals surface area contributed by atoms with Crippen LogP contribution in [-0.2, 0) is 6.54 Å². The molecule has 0 spiro atoms. The molecule has 0 amide bonds. The van der Waals surface area contributed by atoms with E-state index in [0.717, 1.165) is 24.5 Å². The van der Waals surface area contributed by atoms with E-state index in [1.165, 1.54) is 25.0 Å². The van der Waals surface area contributed by atoms with Crippen molar-refractivity contribution in [3.63, 3.8) is 0 Å². The van der Waals surface area contributed by atoms with Gasteiger partial charge in [-0.25, -0.2) is 9.37 Å². The van der Waals surface area contributed by atoms with Gasteiger partial charge in [0.2, 0.25) is 0 Å². The first kappa shape index (κ1) is 17.1. The van der Waals surface area contributed by atoms with Gasteiger partial charge in [0.1, 0.15) is 11.6 Å². The number of hydrogen-bond acceptors (Lipinski definition) is 4. The van der Waals surface area contributed by atoms with Crippen molar-refractivity contribution in [2.45, 2.75) is 25.5 Å². The fraction of sp³-hybridized carbons (Fsp3) is 0.389. The molecule has 128 valence electrons. The molecule has 1 aromatic heterocycles. The Morgan fingerprint density at radius 3 is 2.71 bits per heavy atom. The first-order valence-electron chi connectivity index (χ1n) is 8.17. The largest absolute Gasteiger partial charge is 0.387 e. The zero-order valence-corrected chi connectivity index (χ0v) is 14.1. The highest BCUT2D eigenvalue weighted by Gasteiger charge is 2.13. The molecule has 1 atom stereocenters. The van der Waals surface area contributed by atoms with E-state index in [2.05, 4.69) is 15.2 Å². The van der Waals surface area contributed by atoms with Gasteiger partial charge >= 0.3 is 0 Å². The molecule has 1 fully saturated rings. The summed E-state index contributed by atoms with van der Waals surface area (Å²) >= 11 is 5.65. The van der Waals surface area contributed by atoms with Crippen molar-refractivity contribution in [1.82, 2.24) is 10.3 Å². The number of nitrogens with zero attached hydrogens (tertiary/aromatic N) is 2. The minimum Gasteiger partial charge on any atom is -0.387 e. The highest BCUT2D eigenvalue weighted by atomic mass is 35.5. The van der Waals surface area contributed by atoms with E-state index in [4.69, 9.17) is 11.6 Å². The number of halogens is 2. The molecule has 1 aliphatic rings. The number of aliphatic hydroxyl groups excluding tert-OH is 1. The molecule has 3 rings (SSSR count). The molecule has 0 saturated carbocycles. The number of hydrogen-bond donors (Lipinski definition) is 2. The molecule has 2 aromatic rings. The third kappa shape index (κ3) is 4.23. The van der Waals surface area contributed by atoms with Crippen LogP contribution in [0.5, 0.6) is 0 Å². The van der Waals surface area contributed by atoms with Crippen LogP contribution in [0.4, 0.5) is 10.2 Å². The third-order valence-electron chi connectivity index (χ3n) is 4.23. The Kier molecular flexibility index (Phi) is 5.66. The second-order valence-corrected chi connectivity index (χ2v) is 6.45. The van der Waals surface area contributed by atoms with Gasteiger partial charge < -0.3 is 15.3 Å². The van der Waals surface area contributed by atoms with Gasteiger partial charge in [-0.05, 0) is 42.2 Å². The van der Waals surface area contributed by atoms with Crippen LogP contribution in [0.25, 0.3) is 0 Å². The predicted molar refractivity (Wildman–Crippen MR) is 93.8 cm³/mol. The fourth-order valence-corrected chi connectivity index (χ4v) is 2.96.